The molecule has 7 heteroatoms. The minimum atomic E-state index is -1.26. The Morgan fingerprint density at radius 2 is 0.732 bits per heavy atom. The predicted octanol–water partition coefficient (Wildman–Crippen LogP) is 5.94. The van der Waals surface area contributed by atoms with Gasteiger partial charge in [0.05, 0.1) is 11.4 Å². The summed E-state index contributed by atoms with van der Waals surface area (Å²) in [6.45, 7) is 0. The molecule has 0 N–H and O–H groups in total. The number of para-hydroxylation sites is 2. The summed E-state index contributed by atoms with van der Waals surface area (Å²) in [4.78, 5) is 0. The molecule has 0 aliphatic carbocycles. The zero-order valence-electron chi connectivity index (χ0n) is 22.1. The van der Waals surface area contributed by atoms with Crippen LogP contribution in [-0.2, 0) is 0 Å². The second-order valence-corrected chi connectivity index (χ2v) is 11.5. The van der Waals surface area contributed by atoms with Crippen molar-refractivity contribution in [1.29, 1.82) is 0 Å². The number of hydrogen-bond donors (Lipinski definition) is 0. The van der Waals surface area contributed by atoms with Gasteiger partial charge in [-0.1, -0.05) is 138 Å². The van der Waals surface area contributed by atoms with E-state index in [-0.39, 0.29) is 0 Å². The van der Waals surface area contributed by atoms with Crippen molar-refractivity contribution in [1.82, 2.24) is 30.0 Å². The van der Waals surface area contributed by atoms with Crippen molar-refractivity contribution in [3.05, 3.63) is 152 Å². The highest BCUT2D eigenvalue weighted by Crippen LogP contribution is 2.39. The van der Waals surface area contributed by atoms with E-state index in [2.05, 4.69) is 72.8 Å². The van der Waals surface area contributed by atoms with Crippen LogP contribution in [-0.4, -0.2) is 30.0 Å². The lowest BCUT2D eigenvalue weighted by Crippen LogP contribution is -2.25. The Kier molecular flexibility index (Phi) is 6.73. The maximum absolute atomic E-state index is 4.90. The van der Waals surface area contributed by atoms with E-state index in [1.807, 2.05) is 88.2 Å². The summed E-state index contributed by atoms with van der Waals surface area (Å²) in [5.74, 6) is 0. The van der Waals surface area contributed by atoms with Crippen molar-refractivity contribution in [3.8, 4) is 33.9 Å². The van der Waals surface area contributed by atoms with Crippen molar-refractivity contribution in [2.45, 2.75) is 0 Å². The molecule has 5 aromatic carbocycles. The third-order valence-corrected chi connectivity index (χ3v) is 9.10. The second kappa shape index (κ2) is 11.1. The summed E-state index contributed by atoms with van der Waals surface area (Å²) in [6, 6.07) is 51.5. The molecule has 0 radical (unpaired) electrons. The molecule has 0 saturated heterocycles. The SMILES string of the molecule is c1ccc(-c2c(P(c3ccccc3)c3nnn(-c4ccccc4)c3-c3ccccc3)nnn2-c2ccccc2)cc1. The average Bonchev–Trinajstić information content (AvgIpc) is 3.69. The van der Waals surface area contributed by atoms with Crippen LogP contribution in [0, 0.1) is 0 Å². The normalized spacial score (nSPS) is 11.1. The van der Waals surface area contributed by atoms with Crippen LogP contribution in [0.15, 0.2) is 152 Å². The summed E-state index contributed by atoms with van der Waals surface area (Å²) in [6.07, 6.45) is 0. The highest BCUT2D eigenvalue weighted by atomic mass is 31.1. The molecule has 0 saturated carbocycles. The quantitative estimate of drug-likeness (QED) is 0.231. The third kappa shape index (κ3) is 4.75. The molecule has 196 valence electrons. The highest BCUT2D eigenvalue weighted by Gasteiger charge is 2.32. The third-order valence-electron chi connectivity index (χ3n) is 6.84. The fourth-order valence-electron chi connectivity index (χ4n) is 4.97. The van der Waals surface area contributed by atoms with E-state index in [0.717, 1.165) is 50.1 Å². The largest absolute Gasteiger partial charge is 0.212 e. The van der Waals surface area contributed by atoms with Crippen LogP contribution >= 0.6 is 7.92 Å². The Bertz CT molecular complexity index is 1750. The summed E-state index contributed by atoms with van der Waals surface area (Å²) in [5, 5.41) is 20.4. The summed E-state index contributed by atoms with van der Waals surface area (Å²) >= 11 is 0. The van der Waals surface area contributed by atoms with Crippen LogP contribution in [0.5, 0.6) is 0 Å². The maximum Gasteiger partial charge on any atom is 0.124 e. The van der Waals surface area contributed by atoms with Crippen LogP contribution in [0.3, 0.4) is 0 Å². The van der Waals surface area contributed by atoms with E-state index >= 15 is 0 Å². The van der Waals surface area contributed by atoms with Crippen molar-refractivity contribution < 1.29 is 0 Å². The molecular formula is C34H25N6P. The van der Waals surface area contributed by atoms with Gasteiger partial charge in [-0.25, -0.2) is 9.36 Å². The minimum absolute atomic E-state index is 0.874. The van der Waals surface area contributed by atoms with E-state index < -0.39 is 7.92 Å². The van der Waals surface area contributed by atoms with Gasteiger partial charge in [-0.3, -0.25) is 0 Å². The first-order valence-corrected chi connectivity index (χ1v) is 14.7. The molecule has 0 aliphatic heterocycles. The first-order valence-electron chi connectivity index (χ1n) is 13.4. The molecule has 7 aromatic rings. The lowest BCUT2D eigenvalue weighted by atomic mass is 10.1. The number of benzene rings is 5. The van der Waals surface area contributed by atoms with Gasteiger partial charge in [0, 0.05) is 19.0 Å². The number of rotatable bonds is 7. The first kappa shape index (κ1) is 24.8. The number of aromatic nitrogens is 6. The van der Waals surface area contributed by atoms with Gasteiger partial charge in [0.25, 0.3) is 0 Å². The predicted molar refractivity (Wildman–Crippen MR) is 166 cm³/mol. The fraction of sp³-hybridized carbons (Fsp3) is 0. The topological polar surface area (TPSA) is 61.4 Å². The smallest absolute Gasteiger partial charge is 0.124 e. The molecular weight excluding hydrogens is 523 g/mol. The highest BCUT2D eigenvalue weighted by molar-refractivity contribution is 7.79. The van der Waals surface area contributed by atoms with Crippen LogP contribution in [0.1, 0.15) is 0 Å². The van der Waals surface area contributed by atoms with Crippen molar-refractivity contribution in [3.63, 3.8) is 0 Å². The van der Waals surface area contributed by atoms with Gasteiger partial charge in [0.1, 0.15) is 22.3 Å². The van der Waals surface area contributed by atoms with Crippen molar-refractivity contribution >= 4 is 24.1 Å². The van der Waals surface area contributed by atoms with E-state index in [0.29, 0.717) is 0 Å². The average molecular weight is 549 g/mol. The number of nitrogens with zero attached hydrogens (tertiary/aromatic N) is 6. The molecule has 0 amide bonds. The van der Waals surface area contributed by atoms with E-state index in [4.69, 9.17) is 20.6 Å². The summed E-state index contributed by atoms with van der Waals surface area (Å²) < 4.78 is 3.87. The Balaban J connectivity index is 1.53. The Labute approximate surface area is 239 Å². The zero-order chi connectivity index (χ0) is 27.4. The lowest BCUT2D eigenvalue weighted by molar-refractivity contribution is 0.809. The zero-order valence-corrected chi connectivity index (χ0v) is 23.0. The molecule has 2 aromatic heterocycles. The molecule has 0 aliphatic rings. The van der Waals surface area contributed by atoms with E-state index in [1.165, 1.54) is 0 Å². The molecule has 7 rings (SSSR count). The summed E-state index contributed by atoms with van der Waals surface area (Å²) in [7, 11) is -1.26. The second-order valence-electron chi connectivity index (χ2n) is 9.42. The van der Waals surface area contributed by atoms with Gasteiger partial charge in [-0.2, -0.15) is 0 Å². The Hall–Kier alpha value is -5.19. The van der Waals surface area contributed by atoms with Gasteiger partial charge in [0.2, 0.25) is 0 Å². The van der Waals surface area contributed by atoms with Gasteiger partial charge < -0.3 is 0 Å². The standard InChI is InChI=1S/C34H25N6P/c1-6-16-26(17-7-1)31-33(35-37-39(31)28-20-10-3-11-21-28)41(30-24-14-5-15-25-30)34-32(27-18-8-2-9-19-27)40(38-36-34)29-22-12-4-13-23-29/h1-25H. The van der Waals surface area contributed by atoms with Crippen LogP contribution < -0.4 is 16.2 Å². The van der Waals surface area contributed by atoms with Crippen molar-refractivity contribution in [2.24, 2.45) is 0 Å². The molecule has 0 spiro atoms. The number of hydrogen-bond acceptors (Lipinski definition) is 4. The van der Waals surface area contributed by atoms with E-state index in [9.17, 15) is 0 Å². The lowest BCUT2D eigenvalue weighted by Gasteiger charge is -2.18. The molecule has 0 unspecified atom stereocenters. The summed E-state index contributed by atoms with van der Waals surface area (Å²) in [5.41, 5.74) is 7.61. The van der Waals surface area contributed by atoms with Crippen LogP contribution in [0.2, 0.25) is 0 Å². The monoisotopic (exact) mass is 548 g/mol. The van der Waals surface area contributed by atoms with Crippen LogP contribution in [0.4, 0.5) is 0 Å². The molecule has 41 heavy (non-hydrogen) atoms. The minimum Gasteiger partial charge on any atom is -0.212 e. The van der Waals surface area contributed by atoms with Gasteiger partial charge in [0.15, 0.2) is 0 Å². The fourth-order valence-corrected chi connectivity index (χ4v) is 7.26. The molecule has 0 fully saturated rings. The molecule has 6 nitrogen and oxygen atoms in total. The molecule has 2 heterocycles. The Morgan fingerprint density at radius 3 is 1.12 bits per heavy atom. The van der Waals surface area contributed by atoms with E-state index in [1.54, 1.807) is 0 Å². The first-order chi connectivity index (χ1) is 20.4. The molecule has 0 bridgehead atoms. The van der Waals surface area contributed by atoms with Gasteiger partial charge >= 0.3 is 0 Å². The van der Waals surface area contributed by atoms with Gasteiger partial charge in [-0.15, -0.1) is 10.2 Å². The maximum atomic E-state index is 4.90. The van der Waals surface area contributed by atoms with Crippen molar-refractivity contribution in [2.75, 3.05) is 0 Å². The Morgan fingerprint density at radius 1 is 0.390 bits per heavy atom. The van der Waals surface area contributed by atoms with Gasteiger partial charge in [-0.05, 0) is 29.6 Å². The molecule has 0 atom stereocenters. The van der Waals surface area contributed by atoms with Crippen LogP contribution in [0.25, 0.3) is 33.9 Å².